The summed E-state index contributed by atoms with van der Waals surface area (Å²) in [5.41, 5.74) is 0.304. The van der Waals surface area contributed by atoms with Gasteiger partial charge in [0.1, 0.15) is 12.4 Å². The predicted molar refractivity (Wildman–Crippen MR) is 59.6 cm³/mol. The Hall–Kier alpha value is -2.21. The molecule has 0 fully saturated rings. The third-order valence-corrected chi connectivity index (χ3v) is 2.33. The smallest absolute Gasteiger partial charge is 0.337 e. The lowest BCUT2D eigenvalue weighted by Gasteiger charge is -2.02. The van der Waals surface area contributed by atoms with Crippen molar-refractivity contribution in [3.63, 3.8) is 0 Å². The maximum Gasteiger partial charge on any atom is 0.337 e. The van der Waals surface area contributed by atoms with Crippen molar-refractivity contribution in [1.29, 1.82) is 0 Å². The fraction of sp³-hybridized carbons (Fsp3) is 0.182. The third kappa shape index (κ3) is 2.02. The summed E-state index contributed by atoms with van der Waals surface area (Å²) in [6.45, 7) is -0.367. The van der Waals surface area contributed by atoms with E-state index in [1.54, 1.807) is 0 Å². The molecule has 0 saturated heterocycles. The summed E-state index contributed by atoms with van der Waals surface area (Å²) in [4.78, 5) is 29.3. The van der Waals surface area contributed by atoms with Gasteiger partial charge < -0.3 is 14.8 Å². The van der Waals surface area contributed by atoms with E-state index in [0.29, 0.717) is 16.5 Å². The fourth-order valence-electron chi connectivity index (χ4n) is 1.51. The number of aliphatic hydroxyl groups is 1. The Morgan fingerprint density at radius 2 is 2.29 bits per heavy atom. The van der Waals surface area contributed by atoms with Crippen molar-refractivity contribution < 1.29 is 14.6 Å². The molecule has 2 aromatic rings. The van der Waals surface area contributed by atoms with Gasteiger partial charge in [0.15, 0.2) is 0 Å². The molecule has 1 aromatic carbocycles. The van der Waals surface area contributed by atoms with Crippen LogP contribution in [-0.4, -0.2) is 28.2 Å². The Balaban J connectivity index is 2.67. The maximum atomic E-state index is 11.6. The van der Waals surface area contributed by atoms with Crippen molar-refractivity contribution in [3.05, 3.63) is 39.9 Å². The minimum Gasteiger partial charge on any atom is -0.465 e. The van der Waals surface area contributed by atoms with E-state index in [0.717, 1.165) is 0 Å². The highest BCUT2D eigenvalue weighted by molar-refractivity contribution is 5.93. The number of hydrogen-bond acceptors (Lipinski definition) is 5. The van der Waals surface area contributed by atoms with Crippen LogP contribution >= 0.6 is 0 Å². The SMILES string of the molecule is COC(=O)c1ccc2c(=O)[nH]c(CO)nc2c1. The Morgan fingerprint density at radius 3 is 2.94 bits per heavy atom. The summed E-state index contributed by atoms with van der Waals surface area (Å²) < 4.78 is 4.57. The van der Waals surface area contributed by atoms with E-state index in [1.165, 1.54) is 25.3 Å². The van der Waals surface area contributed by atoms with Crippen LogP contribution in [0.4, 0.5) is 0 Å². The van der Waals surface area contributed by atoms with Crippen molar-refractivity contribution in [2.45, 2.75) is 6.61 Å². The first-order valence-electron chi connectivity index (χ1n) is 4.88. The van der Waals surface area contributed by atoms with Crippen LogP contribution < -0.4 is 5.56 Å². The molecule has 6 nitrogen and oxygen atoms in total. The molecule has 1 heterocycles. The molecule has 0 atom stereocenters. The molecule has 0 amide bonds. The molecule has 1 aromatic heterocycles. The van der Waals surface area contributed by atoms with Crippen LogP contribution in [-0.2, 0) is 11.3 Å². The molecule has 17 heavy (non-hydrogen) atoms. The summed E-state index contributed by atoms with van der Waals surface area (Å²) in [5, 5.41) is 9.28. The largest absolute Gasteiger partial charge is 0.465 e. The number of benzene rings is 1. The van der Waals surface area contributed by atoms with Gasteiger partial charge in [-0.2, -0.15) is 0 Å². The normalized spacial score (nSPS) is 10.5. The molecule has 6 heteroatoms. The number of nitrogens with one attached hydrogen (secondary N) is 1. The molecule has 0 spiro atoms. The summed E-state index contributed by atoms with van der Waals surface area (Å²) in [7, 11) is 1.27. The van der Waals surface area contributed by atoms with E-state index >= 15 is 0 Å². The zero-order valence-corrected chi connectivity index (χ0v) is 9.06. The van der Waals surface area contributed by atoms with Crippen LogP contribution in [0, 0.1) is 0 Å². The Kier molecular flexibility index (Phi) is 2.88. The Bertz CT molecular complexity index is 633. The van der Waals surface area contributed by atoms with E-state index in [2.05, 4.69) is 14.7 Å². The Morgan fingerprint density at radius 1 is 1.53 bits per heavy atom. The van der Waals surface area contributed by atoms with Gasteiger partial charge >= 0.3 is 5.97 Å². The van der Waals surface area contributed by atoms with Crippen molar-refractivity contribution in [3.8, 4) is 0 Å². The zero-order chi connectivity index (χ0) is 12.4. The minimum absolute atomic E-state index is 0.157. The number of carbonyl (C=O) groups excluding carboxylic acids is 1. The highest BCUT2D eigenvalue weighted by Gasteiger charge is 2.09. The zero-order valence-electron chi connectivity index (χ0n) is 9.06. The quantitative estimate of drug-likeness (QED) is 0.724. The number of esters is 1. The predicted octanol–water partition coefficient (Wildman–Crippen LogP) is 0.202. The van der Waals surface area contributed by atoms with Gasteiger partial charge in [0, 0.05) is 0 Å². The molecule has 0 unspecified atom stereocenters. The van der Waals surface area contributed by atoms with Gasteiger partial charge in [0.25, 0.3) is 5.56 Å². The average Bonchev–Trinajstić information content (AvgIpc) is 2.36. The van der Waals surface area contributed by atoms with E-state index in [1.807, 2.05) is 0 Å². The monoisotopic (exact) mass is 234 g/mol. The number of ether oxygens (including phenoxy) is 1. The van der Waals surface area contributed by atoms with Crippen LogP contribution in [0.2, 0.25) is 0 Å². The molecule has 0 radical (unpaired) electrons. The number of aliphatic hydroxyl groups excluding tert-OH is 1. The van der Waals surface area contributed by atoms with Crippen molar-refractivity contribution >= 4 is 16.9 Å². The van der Waals surface area contributed by atoms with Crippen molar-refractivity contribution in [2.24, 2.45) is 0 Å². The van der Waals surface area contributed by atoms with Gasteiger partial charge in [-0.25, -0.2) is 9.78 Å². The first-order chi connectivity index (χ1) is 8.15. The molecule has 2 rings (SSSR count). The molecule has 0 saturated carbocycles. The molecular weight excluding hydrogens is 224 g/mol. The first kappa shape index (κ1) is 11.3. The number of aromatic amines is 1. The number of fused-ring (bicyclic) bond motifs is 1. The molecule has 0 aliphatic rings. The maximum absolute atomic E-state index is 11.6. The molecule has 0 aliphatic heterocycles. The molecule has 0 bridgehead atoms. The number of rotatable bonds is 2. The van der Waals surface area contributed by atoms with E-state index in [9.17, 15) is 9.59 Å². The lowest BCUT2D eigenvalue weighted by Crippen LogP contribution is -2.12. The number of methoxy groups -OCH3 is 1. The highest BCUT2D eigenvalue weighted by Crippen LogP contribution is 2.11. The molecule has 2 N–H and O–H groups in total. The number of carbonyl (C=O) groups is 1. The Labute approximate surface area is 95.9 Å². The second-order valence-corrected chi connectivity index (χ2v) is 3.39. The number of nitrogens with zero attached hydrogens (tertiary/aromatic N) is 1. The summed E-state index contributed by atoms with van der Waals surface area (Å²) in [6, 6.07) is 4.44. The van der Waals surface area contributed by atoms with Gasteiger partial charge in [0.05, 0.1) is 23.6 Å². The van der Waals surface area contributed by atoms with Gasteiger partial charge in [-0.1, -0.05) is 0 Å². The van der Waals surface area contributed by atoms with Crippen LogP contribution in [0.5, 0.6) is 0 Å². The van der Waals surface area contributed by atoms with Gasteiger partial charge in [-0.3, -0.25) is 4.79 Å². The van der Waals surface area contributed by atoms with Crippen molar-refractivity contribution in [1.82, 2.24) is 9.97 Å². The molecular formula is C11H10N2O4. The number of H-pyrrole nitrogens is 1. The lowest BCUT2D eigenvalue weighted by molar-refractivity contribution is 0.0601. The second kappa shape index (κ2) is 4.34. The van der Waals surface area contributed by atoms with Crippen LogP contribution in [0.25, 0.3) is 10.9 Å². The number of aromatic nitrogens is 2. The lowest BCUT2D eigenvalue weighted by atomic mass is 10.1. The van der Waals surface area contributed by atoms with Crippen molar-refractivity contribution in [2.75, 3.05) is 7.11 Å². The molecule has 0 aliphatic carbocycles. The van der Waals surface area contributed by atoms with E-state index in [4.69, 9.17) is 5.11 Å². The van der Waals surface area contributed by atoms with Gasteiger partial charge in [-0.05, 0) is 18.2 Å². The summed E-state index contributed by atoms with van der Waals surface area (Å²) in [6.07, 6.45) is 0. The topological polar surface area (TPSA) is 92.3 Å². The summed E-state index contributed by atoms with van der Waals surface area (Å²) in [5.74, 6) is -0.343. The summed E-state index contributed by atoms with van der Waals surface area (Å²) >= 11 is 0. The fourth-order valence-corrected chi connectivity index (χ4v) is 1.51. The van der Waals surface area contributed by atoms with Crippen LogP contribution in [0.3, 0.4) is 0 Å². The first-order valence-corrected chi connectivity index (χ1v) is 4.88. The average molecular weight is 234 g/mol. The third-order valence-electron chi connectivity index (χ3n) is 2.33. The standard InChI is InChI=1S/C11H10N2O4/c1-17-11(16)6-2-3-7-8(4-6)12-9(5-14)13-10(7)15/h2-4,14H,5H2,1H3,(H,12,13,15). The second-order valence-electron chi connectivity index (χ2n) is 3.39. The number of hydrogen-bond donors (Lipinski definition) is 2. The van der Waals surface area contributed by atoms with Crippen LogP contribution in [0.1, 0.15) is 16.2 Å². The molecule has 88 valence electrons. The van der Waals surface area contributed by atoms with Crippen LogP contribution in [0.15, 0.2) is 23.0 Å². The van der Waals surface area contributed by atoms with E-state index in [-0.39, 0.29) is 18.0 Å². The highest BCUT2D eigenvalue weighted by atomic mass is 16.5. The van der Waals surface area contributed by atoms with Gasteiger partial charge in [0.2, 0.25) is 0 Å². The van der Waals surface area contributed by atoms with E-state index < -0.39 is 5.97 Å². The minimum atomic E-state index is -0.500. The van der Waals surface area contributed by atoms with Gasteiger partial charge in [-0.15, -0.1) is 0 Å².